The maximum absolute atomic E-state index is 10.6. The van der Waals surface area contributed by atoms with Gasteiger partial charge in [0.15, 0.2) is 0 Å². The molecule has 108 valence electrons. The van der Waals surface area contributed by atoms with E-state index in [0.29, 0.717) is 0 Å². The van der Waals surface area contributed by atoms with Crippen LogP contribution >= 0.6 is 0 Å². The maximum atomic E-state index is 10.6. The summed E-state index contributed by atoms with van der Waals surface area (Å²) >= 11 is 0. The minimum Gasteiger partial charge on any atom is -0.397 e. The summed E-state index contributed by atoms with van der Waals surface area (Å²) in [5.74, 6) is 0. The van der Waals surface area contributed by atoms with Crippen molar-refractivity contribution in [1.29, 1.82) is 0 Å². The summed E-state index contributed by atoms with van der Waals surface area (Å²) in [5, 5.41) is 10.6. The number of nitrogens with zero attached hydrogens (tertiary/aromatic N) is 2. The molecule has 0 amide bonds. The van der Waals surface area contributed by atoms with Crippen LogP contribution in [0.4, 0.5) is 17.1 Å². The topological polar surface area (TPSA) is 72.4 Å². The number of nitro groups is 1. The van der Waals surface area contributed by atoms with E-state index in [1.54, 1.807) is 12.1 Å². The normalized spacial score (nSPS) is 13.2. The van der Waals surface area contributed by atoms with Gasteiger partial charge >= 0.3 is 0 Å². The second kappa shape index (κ2) is 5.44. The molecule has 0 spiro atoms. The van der Waals surface area contributed by atoms with Gasteiger partial charge < -0.3 is 10.6 Å². The molecule has 0 bridgehead atoms. The molecule has 1 aliphatic heterocycles. The molecule has 21 heavy (non-hydrogen) atoms. The van der Waals surface area contributed by atoms with Gasteiger partial charge in [0.2, 0.25) is 0 Å². The largest absolute Gasteiger partial charge is 0.397 e. The van der Waals surface area contributed by atoms with Crippen molar-refractivity contribution in [1.82, 2.24) is 0 Å². The third-order valence-corrected chi connectivity index (χ3v) is 3.94. The lowest BCUT2D eigenvalue weighted by Crippen LogP contribution is -2.24. The van der Waals surface area contributed by atoms with Gasteiger partial charge in [-0.2, -0.15) is 0 Å². The van der Waals surface area contributed by atoms with E-state index in [1.807, 2.05) is 24.3 Å². The molecule has 0 saturated heterocycles. The van der Waals surface area contributed by atoms with Crippen LogP contribution < -0.4 is 10.6 Å². The molecule has 1 heterocycles. The highest BCUT2D eigenvalue weighted by Gasteiger charge is 2.20. The van der Waals surface area contributed by atoms with Crippen LogP contribution in [-0.4, -0.2) is 18.0 Å². The monoisotopic (exact) mass is 283 g/mol. The number of nitro benzene ring substituents is 1. The predicted octanol–water partition coefficient (Wildman–Crippen LogP) is 2.78. The Morgan fingerprint density at radius 2 is 1.95 bits per heavy atom. The molecule has 0 aromatic heterocycles. The first kappa shape index (κ1) is 13.4. The molecule has 2 aromatic rings. The zero-order valence-electron chi connectivity index (χ0n) is 11.7. The minimum atomic E-state index is -0.374. The van der Waals surface area contributed by atoms with Gasteiger partial charge in [-0.1, -0.05) is 24.3 Å². The molecule has 5 heteroatoms. The number of nitrogens with two attached hydrogens (primary N) is 1. The number of rotatable bonds is 4. The highest BCUT2D eigenvalue weighted by molar-refractivity contribution is 5.74. The smallest absolute Gasteiger partial charge is 0.269 e. The van der Waals surface area contributed by atoms with E-state index >= 15 is 0 Å². The molecule has 0 radical (unpaired) electrons. The van der Waals surface area contributed by atoms with E-state index < -0.39 is 0 Å². The number of non-ortho nitro benzene ring substituents is 1. The van der Waals surface area contributed by atoms with Gasteiger partial charge in [-0.3, -0.25) is 10.1 Å². The fraction of sp³-hybridized carbons (Fsp3) is 0.250. The summed E-state index contributed by atoms with van der Waals surface area (Å²) in [6.45, 7) is 1.86. The molecule has 5 nitrogen and oxygen atoms in total. The minimum absolute atomic E-state index is 0.134. The molecular weight excluding hydrogens is 266 g/mol. The quantitative estimate of drug-likeness (QED) is 0.532. The Morgan fingerprint density at radius 3 is 2.67 bits per heavy atom. The van der Waals surface area contributed by atoms with Gasteiger partial charge in [-0.05, 0) is 30.0 Å². The first-order valence-electron chi connectivity index (χ1n) is 7.01. The van der Waals surface area contributed by atoms with Crippen LogP contribution in [0, 0.1) is 10.1 Å². The Kier molecular flexibility index (Phi) is 3.48. The number of anilines is 2. The van der Waals surface area contributed by atoms with Gasteiger partial charge in [0, 0.05) is 25.2 Å². The van der Waals surface area contributed by atoms with Crippen LogP contribution in [0.15, 0.2) is 42.5 Å². The van der Waals surface area contributed by atoms with Gasteiger partial charge in [0.05, 0.1) is 16.3 Å². The number of hydrogen-bond donors (Lipinski definition) is 1. The average Bonchev–Trinajstić information content (AvgIpc) is 2.90. The molecule has 0 saturated carbocycles. The SMILES string of the molecule is Nc1cccc2c1N(CCc1ccc([N+](=O)[O-])cc1)CC2. The zero-order chi connectivity index (χ0) is 14.8. The van der Waals surface area contributed by atoms with Crippen molar-refractivity contribution >= 4 is 17.1 Å². The second-order valence-electron chi connectivity index (χ2n) is 5.27. The molecule has 2 aromatic carbocycles. The average molecular weight is 283 g/mol. The zero-order valence-corrected chi connectivity index (χ0v) is 11.7. The molecule has 1 aliphatic rings. The lowest BCUT2D eigenvalue weighted by Gasteiger charge is -2.20. The predicted molar refractivity (Wildman–Crippen MR) is 83.6 cm³/mol. The summed E-state index contributed by atoms with van der Waals surface area (Å²) < 4.78 is 0. The first-order valence-corrected chi connectivity index (χ1v) is 7.01. The molecule has 0 fully saturated rings. The van der Waals surface area contributed by atoms with E-state index in [2.05, 4.69) is 11.0 Å². The van der Waals surface area contributed by atoms with Crippen LogP contribution in [-0.2, 0) is 12.8 Å². The van der Waals surface area contributed by atoms with Crippen molar-refractivity contribution in [3.63, 3.8) is 0 Å². The van der Waals surface area contributed by atoms with E-state index in [1.165, 1.54) is 5.56 Å². The molecule has 0 unspecified atom stereocenters. The van der Waals surface area contributed by atoms with Gasteiger partial charge in [-0.15, -0.1) is 0 Å². The van der Waals surface area contributed by atoms with Crippen molar-refractivity contribution < 1.29 is 4.92 Å². The van der Waals surface area contributed by atoms with Crippen molar-refractivity contribution in [3.05, 3.63) is 63.7 Å². The summed E-state index contributed by atoms with van der Waals surface area (Å²) in [6, 6.07) is 12.8. The summed E-state index contributed by atoms with van der Waals surface area (Å²) in [7, 11) is 0. The van der Waals surface area contributed by atoms with E-state index in [0.717, 1.165) is 42.9 Å². The maximum Gasteiger partial charge on any atom is 0.269 e. The van der Waals surface area contributed by atoms with E-state index in [9.17, 15) is 10.1 Å². The number of nitrogen functional groups attached to an aromatic ring is 1. The Balaban J connectivity index is 1.68. The van der Waals surface area contributed by atoms with Crippen LogP contribution in [0.1, 0.15) is 11.1 Å². The lowest BCUT2D eigenvalue weighted by molar-refractivity contribution is -0.384. The Morgan fingerprint density at radius 1 is 1.19 bits per heavy atom. The molecular formula is C16H17N3O2. The molecule has 0 atom stereocenters. The summed E-state index contributed by atoms with van der Waals surface area (Å²) in [4.78, 5) is 12.6. The van der Waals surface area contributed by atoms with Crippen LogP contribution in [0.2, 0.25) is 0 Å². The van der Waals surface area contributed by atoms with Gasteiger partial charge in [0.25, 0.3) is 5.69 Å². The summed E-state index contributed by atoms with van der Waals surface area (Å²) in [6.07, 6.45) is 1.88. The summed E-state index contributed by atoms with van der Waals surface area (Å²) in [5.41, 5.74) is 10.6. The van der Waals surface area contributed by atoms with E-state index in [4.69, 9.17) is 5.73 Å². The second-order valence-corrected chi connectivity index (χ2v) is 5.27. The number of fused-ring (bicyclic) bond motifs is 1. The Hall–Kier alpha value is -2.56. The van der Waals surface area contributed by atoms with Gasteiger partial charge in [0.1, 0.15) is 0 Å². The molecule has 0 aliphatic carbocycles. The highest BCUT2D eigenvalue weighted by atomic mass is 16.6. The first-order chi connectivity index (χ1) is 10.1. The third-order valence-electron chi connectivity index (χ3n) is 3.94. The number of hydrogen-bond acceptors (Lipinski definition) is 4. The fourth-order valence-corrected chi connectivity index (χ4v) is 2.84. The number of benzene rings is 2. The van der Waals surface area contributed by atoms with Crippen molar-refractivity contribution in [2.45, 2.75) is 12.8 Å². The van der Waals surface area contributed by atoms with Crippen LogP contribution in [0.3, 0.4) is 0 Å². The molecule has 3 rings (SSSR count). The lowest BCUT2D eigenvalue weighted by atomic mass is 10.1. The van der Waals surface area contributed by atoms with Gasteiger partial charge in [-0.25, -0.2) is 0 Å². The molecule has 2 N–H and O–H groups in total. The van der Waals surface area contributed by atoms with Crippen molar-refractivity contribution in [2.24, 2.45) is 0 Å². The van der Waals surface area contributed by atoms with Crippen molar-refractivity contribution in [3.8, 4) is 0 Å². The Labute approximate surface area is 123 Å². The standard InChI is InChI=1S/C16H17N3O2/c17-15-3-1-2-13-9-11-18(16(13)15)10-8-12-4-6-14(7-5-12)19(20)21/h1-7H,8-11,17H2. The highest BCUT2D eigenvalue weighted by Crippen LogP contribution is 2.33. The fourth-order valence-electron chi connectivity index (χ4n) is 2.84. The van der Waals surface area contributed by atoms with E-state index in [-0.39, 0.29) is 10.6 Å². The number of para-hydroxylation sites is 1. The third kappa shape index (κ3) is 2.67. The van der Waals surface area contributed by atoms with Crippen molar-refractivity contribution in [2.75, 3.05) is 23.7 Å². The van der Waals surface area contributed by atoms with Crippen LogP contribution in [0.25, 0.3) is 0 Å². The Bertz CT molecular complexity index is 668. The van der Waals surface area contributed by atoms with Crippen LogP contribution in [0.5, 0.6) is 0 Å².